The first-order valence-electron chi connectivity index (χ1n) is 10.5. The number of anilines is 1. The summed E-state index contributed by atoms with van der Waals surface area (Å²) in [4.78, 5) is 13.7. The minimum atomic E-state index is 0.233. The molecule has 7 heteroatoms. The number of aromatic nitrogens is 4. The van der Waals surface area contributed by atoms with Crippen LogP contribution in [0.25, 0.3) is 5.65 Å². The van der Waals surface area contributed by atoms with E-state index in [0.29, 0.717) is 6.10 Å². The molecule has 5 rings (SSSR count). The number of piperazine rings is 1. The molecule has 0 aromatic carbocycles. The maximum Gasteiger partial charge on any atom is 0.176 e. The molecular formula is C20H30N6O. The lowest BCUT2D eigenvalue weighted by atomic mass is 9.83. The van der Waals surface area contributed by atoms with E-state index in [1.165, 1.54) is 44.9 Å². The summed E-state index contributed by atoms with van der Waals surface area (Å²) in [7, 11) is 0. The van der Waals surface area contributed by atoms with Gasteiger partial charge in [-0.05, 0) is 32.6 Å². The van der Waals surface area contributed by atoms with Crippen LogP contribution in [0.2, 0.25) is 0 Å². The molecule has 3 fully saturated rings. The lowest BCUT2D eigenvalue weighted by Crippen LogP contribution is -2.49. The Hall–Kier alpha value is -1.73. The van der Waals surface area contributed by atoms with Crippen molar-refractivity contribution in [1.29, 1.82) is 0 Å². The monoisotopic (exact) mass is 370 g/mol. The van der Waals surface area contributed by atoms with E-state index in [1.54, 1.807) is 6.20 Å². The van der Waals surface area contributed by atoms with E-state index in [2.05, 4.69) is 24.9 Å². The van der Waals surface area contributed by atoms with Crippen molar-refractivity contribution in [2.45, 2.75) is 63.6 Å². The van der Waals surface area contributed by atoms with E-state index >= 15 is 0 Å². The van der Waals surface area contributed by atoms with Crippen LogP contribution in [-0.4, -0.2) is 68.9 Å². The SMILES string of the molecule is Cc1nc2cncc(N3CCN(C[C@H]4CCC5(CCCCC5)O4)CC3)n2n1. The minimum absolute atomic E-state index is 0.233. The number of nitrogens with zero attached hydrogens (tertiary/aromatic N) is 6. The molecule has 2 aromatic heterocycles. The van der Waals surface area contributed by atoms with Crippen molar-refractivity contribution in [1.82, 2.24) is 24.5 Å². The van der Waals surface area contributed by atoms with Gasteiger partial charge < -0.3 is 9.64 Å². The molecule has 7 nitrogen and oxygen atoms in total. The summed E-state index contributed by atoms with van der Waals surface area (Å²) in [5, 5.41) is 4.53. The second kappa shape index (κ2) is 7.02. The highest BCUT2D eigenvalue weighted by atomic mass is 16.5. The number of rotatable bonds is 3. The Kier molecular flexibility index (Phi) is 4.52. The predicted octanol–water partition coefficient (Wildman–Crippen LogP) is 2.44. The standard InChI is InChI=1S/C20H30N6O/c1-16-22-18-13-21-14-19(26(18)23-16)25-11-9-24(10-12-25)15-17-5-8-20(27-17)6-3-2-4-7-20/h13-14,17H,2-12,15H2,1H3/t17-/m1/s1. The summed E-state index contributed by atoms with van der Waals surface area (Å²) >= 11 is 0. The quantitative estimate of drug-likeness (QED) is 0.827. The molecule has 1 atom stereocenters. The molecule has 4 heterocycles. The molecule has 0 N–H and O–H groups in total. The van der Waals surface area contributed by atoms with Gasteiger partial charge in [-0.2, -0.15) is 4.52 Å². The van der Waals surface area contributed by atoms with Crippen molar-refractivity contribution in [3.63, 3.8) is 0 Å². The van der Waals surface area contributed by atoms with Gasteiger partial charge in [0.2, 0.25) is 0 Å². The summed E-state index contributed by atoms with van der Waals surface area (Å²) < 4.78 is 8.50. The topological polar surface area (TPSA) is 58.8 Å². The van der Waals surface area contributed by atoms with Gasteiger partial charge in [-0.15, -0.1) is 5.10 Å². The molecule has 0 amide bonds. The largest absolute Gasteiger partial charge is 0.370 e. The van der Waals surface area contributed by atoms with Crippen molar-refractivity contribution in [3.05, 3.63) is 18.2 Å². The van der Waals surface area contributed by atoms with Crippen molar-refractivity contribution in [2.24, 2.45) is 0 Å². The van der Waals surface area contributed by atoms with E-state index in [9.17, 15) is 0 Å². The first-order chi connectivity index (χ1) is 13.2. The lowest BCUT2D eigenvalue weighted by Gasteiger charge is -2.38. The molecule has 27 heavy (non-hydrogen) atoms. The zero-order chi connectivity index (χ0) is 18.3. The van der Waals surface area contributed by atoms with Crippen LogP contribution in [0.15, 0.2) is 12.4 Å². The lowest BCUT2D eigenvalue weighted by molar-refractivity contribution is -0.0720. The Labute approximate surface area is 160 Å². The van der Waals surface area contributed by atoms with Crippen molar-refractivity contribution in [3.8, 4) is 0 Å². The number of ether oxygens (including phenoxy) is 1. The van der Waals surface area contributed by atoms with Gasteiger partial charge in [-0.3, -0.25) is 9.88 Å². The zero-order valence-electron chi connectivity index (χ0n) is 16.3. The van der Waals surface area contributed by atoms with Gasteiger partial charge in [0.15, 0.2) is 11.5 Å². The molecule has 0 radical (unpaired) electrons. The van der Waals surface area contributed by atoms with Gasteiger partial charge in [0.25, 0.3) is 0 Å². The first-order valence-corrected chi connectivity index (χ1v) is 10.5. The maximum atomic E-state index is 6.58. The molecule has 2 aromatic rings. The van der Waals surface area contributed by atoms with Crippen molar-refractivity contribution < 1.29 is 4.74 Å². The van der Waals surface area contributed by atoms with Gasteiger partial charge in [-0.1, -0.05) is 19.3 Å². The van der Waals surface area contributed by atoms with Gasteiger partial charge in [0, 0.05) is 32.7 Å². The molecular weight excluding hydrogens is 340 g/mol. The van der Waals surface area contributed by atoms with Crippen LogP contribution in [0.5, 0.6) is 0 Å². The van der Waals surface area contributed by atoms with Gasteiger partial charge in [0.05, 0.1) is 24.1 Å². The summed E-state index contributed by atoms with van der Waals surface area (Å²) in [6.45, 7) is 7.14. The second-order valence-electron chi connectivity index (χ2n) is 8.50. The highest BCUT2D eigenvalue weighted by molar-refractivity contribution is 5.47. The molecule has 0 unspecified atom stereocenters. The Balaban J connectivity index is 1.18. The summed E-state index contributed by atoms with van der Waals surface area (Å²) in [5.41, 5.74) is 1.06. The normalized spacial score (nSPS) is 26.3. The number of aryl methyl sites for hydroxylation is 1. The molecule has 3 aliphatic rings. The Bertz CT molecular complexity index is 791. The summed E-state index contributed by atoms with van der Waals surface area (Å²) in [5.74, 6) is 1.84. The molecule has 0 bridgehead atoms. The number of fused-ring (bicyclic) bond motifs is 1. The predicted molar refractivity (Wildman–Crippen MR) is 104 cm³/mol. The summed E-state index contributed by atoms with van der Waals surface area (Å²) in [6, 6.07) is 0. The van der Waals surface area contributed by atoms with Gasteiger partial charge in [0.1, 0.15) is 5.82 Å². The number of hydrogen-bond acceptors (Lipinski definition) is 6. The van der Waals surface area contributed by atoms with Crippen LogP contribution in [0.3, 0.4) is 0 Å². The van der Waals surface area contributed by atoms with Crippen molar-refractivity contribution >= 4 is 11.5 Å². The third kappa shape index (κ3) is 3.43. The zero-order valence-corrected chi connectivity index (χ0v) is 16.3. The minimum Gasteiger partial charge on any atom is -0.370 e. The van der Waals surface area contributed by atoms with Crippen LogP contribution in [0, 0.1) is 6.92 Å². The average Bonchev–Trinajstić information content (AvgIpc) is 3.25. The fourth-order valence-corrected chi connectivity index (χ4v) is 5.16. The van der Waals surface area contributed by atoms with Crippen LogP contribution >= 0.6 is 0 Å². The van der Waals surface area contributed by atoms with E-state index in [0.717, 1.165) is 50.0 Å². The fourth-order valence-electron chi connectivity index (χ4n) is 5.16. The molecule has 146 valence electrons. The molecule has 1 saturated carbocycles. The molecule has 1 aliphatic carbocycles. The smallest absolute Gasteiger partial charge is 0.176 e. The van der Waals surface area contributed by atoms with Crippen LogP contribution in [0.4, 0.5) is 5.82 Å². The average molecular weight is 371 g/mol. The first kappa shape index (κ1) is 17.4. The summed E-state index contributed by atoms with van der Waals surface area (Å²) in [6.07, 6.45) is 13.3. The van der Waals surface area contributed by atoms with E-state index in [4.69, 9.17) is 4.74 Å². The van der Waals surface area contributed by atoms with Crippen molar-refractivity contribution in [2.75, 3.05) is 37.6 Å². The number of hydrogen-bond donors (Lipinski definition) is 0. The van der Waals surface area contributed by atoms with E-state index in [-0.39, 0.29) is 5.60 Å². The van der Waals surface area contributed by atoms with E-state index < -0.39 is 0 Å². The molecule has 1 spiro atoms. The van der Waals surface area contributed by atoms with Crippen LogP contribution < -0.4 is 4.90 Å². The Morgan fingerprint density at radius 3 is 2.70 bits per heavy atom. The third-order valence-corrected chi connectivity index (χ3v) is 6.60. The fraction of sp³-hybridized carbons (Fsp3) is 0.750. The molecule has 2 saturated heterocycles. The Morgan fingerprint density at radius 1 is 1.07 bits per heavy atom. The second-order valence-corrected chi connectivity index (χ2v) is 8.50. The highest BCUT2D eigenvalue weighted by Crippen LogP contribution is 2.42. The molecule has 2 aliphatic heterocycles. The highest BCUT2D eigenvalue weighted by Gasteiger charge is 2.41. The maximum absolute atomic E-state index is 6.58. The van der Waals surface area contributed by atoms with E-state index in [1.807, 2.05) is 17.6 Å². The Morgan fingerprint density at radius 2 is 1.89 bits per heavy atom. The third-order valence-electron chi connectivity index (χ3n) is 6.60. The van der Waals surface area contributed by atoms with Gasteiger partial charge >= 0.3 is 0 Å². The van der Waals surface area contributed by atoms with Gasteiger partial charge in [-0.25, -0.2) is 4.98 Å². The van der Waals surface area contributed by atoms with Crippen LogP contribution in [0.1, 0.15) is 50.8 Å². The van der Waals surface area contributed by atoms with Crippen LogP contribution in [-0.2, 0) is 4.74 Å².